The first-order valence-electron chi connectivity index (χ1n) is 7.02. The first-order valence-corrected chi connectivity index (χ1v) is 8.00. The fourth-order valence-corrected chi connectivity index (χ4v) is 3.22. The van der Waals surface area contributed by atoms with Gasteiger partial charge in [0.25, 0.3) is 0 Å². The number of hydrogen-bond acceptors (Lipinski definition) is 6. The van der Waals surface area contributed by atoms with Crippen molar-refractivity contribution in [3.05, 3.63) is 46.4 Å². The summed E-state index contributed by atoms with van der Waals surface area (Å²) < 4.78 is 5.35. The van der Waals surface area contributed by atoms with Gasteiger partial charge in [-0.25, -0.2) is 9.97 Å². The molecule has 0 spiro atoms. The second-order valence-electron chi connectivity index (χ2n) is 5.02. The van der Waals surface area contributed by atoms with Crippen LogP contribution in [0.1, 0.15) is 39.9 Å². The molecule has 0 aliphatic rings. The Morgan fingerprint density at radius 3 is 2.70 bits per heavy atom. The number of Topliss-reactive ketones (excluding diaryl/α,β-unsaturated/α-hetero) is 1. The van der Waals surface area contributed by atoms with Gasteiger partial charge in [-0.2, -0.15) is 5.26 Å². The van der Waals surface area contributed by atoms with Gasteiger partial charge in [0.1, 0.15) is 28.2 Å². The number of nitrogens with zero attached hydrogens (tertiary/aromatic N) is 3. The second kappa shape index (κ2) is 7.25. The van der Waals surface area contributed by atoms with Crippen LogP contribution in [0.5, 0.6) is 5.75 Å². The summed E-state index contributed by atoms with van der Waals surface area (Å²) in [4.78, 5) is 20.1. The molecule has 2 aromatic rings. The van der Waals surface area contributed by atoms with Gasteiger partial charge in [0.05, 0.1) is 12.8 Å². The van der Waals surface area contributed by atoms with Gasteiger partial charge in [-0.1, -0.05) is 0 Å². The van der Waals surface area contributed by atoms with Crippen molar-refractivity contribution in [1.29, 1.82) is 5.26 Å². The lowest BCUT2D eigenvalue weighted by molar-refractivity contribution is 0.101. The Bertz CT molecular complexity index is 797. The molecule has 6 heteroatoms. The van der Waals surface area contributed by atoms with Crippen LogP contribution in [0, 0.1) is 25.2 Å². The topological polar surface area (TPSA) is 75.9 Å². The van der Waals surface area contributed by atoms with E-state index in [1.807, 2.05) is 6.07 Å². The maximum absolute atomic E-state index is 11.5. The van der Waals surface area contributed by atoms with Crippen LogP contribution in [0.3, 0.4) is 0 Å². The minimum atomic E-state index is 0.00495. The molecular formula is C17H17N3O2S. The number of ether oxygens (including phenoxy) is 1. The molecule has 0 bridgehead atoms. The third kappa shape index (κ3) is 3.88. The summed E-state index contributed by atoms with van der Waals surface area (Å²) in [5.41, 5.74) is 2.69. The largest absolute Gasteiger partial charge is 0.496 e. The number of carbonyl (C=O) groups excluding carboxylic acids is 1. The van der Waals surface area contributed by atoms with Gasteiger partial charge in [-0.3, -0.25) is 4.79 Å². The molecule has 5 nitrogen and oxygen atoms in total. The highest BCUT2D eigenvalue weighted by Gasteiger charge is 2.13. The minimum absolute atomic E-state index is 0.00495. The highest BCUT2D eigenvalue weighted by atomic mass is 32.2. The normalized spacial score (nSPS) is 10.2. The summed E-state index contributed by atoms with van der Waals surface area (Å²) in [5.74, 6) is 1.90. The van der Waals surface area contributed by atoms with Gasteiger partial charge in [0, 0.05) is 16.9 Å². The number of benzene rings is 1. The van der Waals surface area contributed by atoms with E-state index in [4.69, 9.17) is 4.74 Å². The zero-order chi connectivity index (χ0) is 17.0. The van der Waals surface area contributed by atoms with E-state index in [-0.39, 0.29) is 5.78 Å². The SMILES string of the molecule is COc1ccc(C(C)=O)cc1CSc1nc(C)nc(C)c1C#N. The van der Waals surface area contributed by atoms with Crippen molar-refractivity contribution >= 4 is 17.5 Å². The first kappa shape index (κ1) is 17.0. The van der Waals surface area contributed by atoms with Crippen molar-refractivity contribution in [1.82, 2.24) is 9.97 Å². The predicted molar refractivity (Wildman–Crippen MR) is 88.8 cm³/mol. The molecule has 0 fully saturated rings. The molecule has 0 aliphatic carbocycles. The molecule has 1 aromatic carbocycles. The van der Waals surface area contributed by atoms with E-state index in [1.165, 1.54) is 18.7 Å². The lowest BCUT2D eigenvalue weighted by Crippen LogP contribution is -2.00. The van der Waals surface area contributed by atoms with Gasteiger partial charge in [-0.15, -0.1) is 11.8 Å². The summed E-state index contributed by atoms with van der Waals surface area (Å²) >= 11 is 1.44. The Balaban J connectivity index is 2.33. The number of ketones is 1. The average molecular weight is 327 g/mol. The lowest BCUT2D eigenvalue weighted by Gasteiger charge is -2.11. The maximum atomic E-state index is 11.5. The predicted octanol–water partition coefficient (Wildman–Crippen LogP) is 3.47. The van der Waals surface area contributed by atoms with Crippen LogP contribution in [-0.4, -0.2) is 22.9 Å². The molecule has 0 saturated carbocycles. The molecule has 118 valence electrons. The highest BCUT2D eigenvalue weighted by molar-refractivity contribution is 7.98. The van der Waals surface area contributed by atoms with Crippen molar-refractivity contribution in [3.63, 3.8) is 0 Å². The Labute approximate surface area is 139 Å². The fourth-order valence-electron chi connectivity index (χ4n) is 2.17. The summed E-state index contributed by atoms with van der Waals surface area (Å²) in [6.45, 7) is 5.13. The number of aromatic nitrogens is 2. The van der Waals surface area contributed by atoms with Gasteiger partial charge in [0.15, 0.2) is 5.78 Å². The van der Waals surface area contributed by atoms with Crippen LogP contribution < -0.4 is 4.74 Å². The van der Waals surface area contributed by atoms with Crippen LogP contribution in [-0.2, 0) is 5.75 Å². The third-order valence-electron chi connectivity index (χ3n) is 3.33. The Morgan fingerprint density at radius 2 is 2.09 bits per heavy atom. The van der Waals surface area contributed by atoms with Crippen molar-refractivity contribution in [3.8, 4) is 11.8 Å². The Morgan fingerprint density at radius 1 is 1.35 bits per heavy atom. The number of methoxy groups -OCH3 is 1. The molecule has 23 heavy (non-hydrogen) atoms. The van der Waals surface area contributed by atoms with E-state index in [0.717, 1.165) is 5.56 Å². The second-order valence-corrected chi connectivity index (χ2v) is 5.98. The molecule has 1 heterocycles. The van der Waals surface area contributed by atoms with Gasteiger partial charge >= 0.3 is 0 Å². The van der Waals surface area contributed by atoms with E-state index in [2.05, 4.69) is 16.0 Å². The number of nitriles is 1. The molecule has 0 amide bonds. The summed E-state index contributed by atoms with van der Waals surface area (Å²) in [7, 11) is 1.59. The van der Waals surface area contributed by atoms with E-state index in [9.17, 15) is 10.1 Å². The number of rotatable bonds is 5. The molecule has 0 atom stereocenters. The average Bonchev–Trinajstić information content (AvgIpc) is 2.52. The van der Waals surface area contributed by atoms with Gasteiger partial charge < -0.3 is 4.74 Å². The smallest absolute Gasteiger partial charge is 0.159 e. The molecular weight excluding hydrogens is 310 g/mol. The number of carbonyl (C=O) groups is 1. The van der Waals surface area contributed by atoms with E-state index in [1.54, 1.807) is 33.1 Å². The fraction of sp³-hybridized carbons (Fsp3) is 0.294. The van der Waals surface area contributed by atoms with E-state index in [0.29, 0.717) is 39.2 Å². The zero-order valence-electron chi connectivity index (χ0n) is 13.5. The van der Waals surface area contributed by atoms with Crippen molar-refractivity contribution < 1.29 is 9.53 Å². The van der Waals surface area contributed by atoms with Crippen LogP contribution in [0.4, 0.5) is 0 Å². The van der Waals surface area contributed by atoms with Gasteiger partial charge in [-0.05, 0) is 39.0 Å². The number of thioether (sulfide) groups is 1. The molecule has 0 N–H and O–H groups in total. The monoisotopic (exact) mass is 327 g/mol. The standard InChI is InChI=1S/C17H17N3O2S/c1-10-15(8-18)17(20-12(3)19-10)23-9-14-7-13(11(2)21)5-6-16(14)22-4/h5-7H,9H2,1-4H3. The van der Waals surface area contributed by atoms with Crippen LogP contribution in [0.2, 0.25) is 0 Å². The van der Waals surface area contributed by atoms with E-state index < -0.39 is 0 Å². The molecule has 0 saturated heterocycles. The lowest BCUT2D eigenvalue weighted by atomic mass is 10.1. The van der Waals surface area contributed by atoms with Crippen LogP contribution in [0.25, 0.3) is 0 Å². The molecule has 2 rings (SSSR count). The highest BCUT2D eigenvalue weighted by Crippen LogP contribution is 2.30. The molecule has 0 aliphatic heterocycles. The van der Waals surface area contributed by atoms with Crippen molar-refractivity contribution in [2.75, 3.05) is 7.11 Å². The Hall–Kier alpha value is -2.39. The number of aryl methyl sites for hydroxylation is 2. The minimum Gasteiger partial charge on any atom is -0.496 e. The first-order chi connectivity index (χ1) is 11.0. The molecule has 0 radical (unpaired) electrons. The van der Waals surface area contributed by atoms with Crippen LogP contribution >= 0.6 is 11.8 Å². The van der Waals surface area contributed by atoms with Gasteiger partial charge in [0.2, 0.25) is 0 Å². The quantitative estimate of drug-likeness (QED) is 0.475. The summed E-state index contributed by atoms with van der Waals surface area (Å²) in [6.07, 6.45) is 0. The third-order valence-corrected chi connectivity index (χ3v) is 4.36. The summed E-state index contributed by atoms with van der Waals surface area (Å²) in [6, 6.07) is 7.51. The zero-order valence-corrected chi connectivity index (χ0v) is 14.3. The summed E-state index contributed by atoms with van der Waals surface area (Å²) in [5, 5.41) is 9.94. The Kier molecular flexibility index (Phi) is 5.35. The molecule has 1 aromatic heterocycles. The van der Waals surface area contributed by atoms with Crippen molar-refractivity contribution in [2.24, 2.45) is 0 Å². The van der Waals surface area contributed by atoms with E-state index >= 15 is 0 Å². The van der Waals surface area contributed by atoms with Crippen molar-refractivity contribution in [2.45, 2.75) is 31.6 Å². The molecule has 0 unspecified atom stereocenters. The maximum Gasteiger partial charge on any atom is 0.159 e. The number of hydrogen-bond donors (Lipinski definition) is 0. The van der Waals surface area contributed by atoms with Crippen LogP contribution in [0.15, 0.2) is 23.2 Å².